The number of hydrogen-bond donors (Lipinski definition) is 1. The van der Waals surface area contributed by atoms with Crippen molar-refractivity contribution in [3.63, 3.8) is 0 Å². The van der Waals surface area contributed by atoms with Crippen LogP contribution in [0.25, 0.3) is 0 Å². The molecule has 0 unspecified atom stereocenters. The van der Waals surface area contributed by atoms with Crippen LogP contribution in [0.15, 0.2) is 17.5 Å². The Balaban J connectivity index is 1.53. The third-order valence-electron chi connectivity index (χ3n) is 5.17. The quantitative estimate of drug-likeness (QED) is 0.879. The molecule has 4 rings (SSSR count). The third-order valence-corrected chi connectivity index (χ3v) is 6.04. The van der Waals surface area contributed by atoms with Gasteiger partial charge in [0.15, 0.2) is 5.82 Å². The monoisotopic (exact) mass is 375 g/mol. The Kier molecular flexibility index (Phi) is 4.81. The van der Waals surface area contributed by atoms with Gasteiger partial charge in [-0.2, -0.15) is 0 Å². The second kappa shape index (κ2) is 7.09. The van der Waals surface area contributed by atoms with E-state index in [0.717, 1.165) is 37.8 Å². The minimum Gasteiger partial charge on any atom is -0.391 e. The van der Waals surface area contributed by atoms with Gasteiger partial charge in [-0.25, -0.2) is 0 Å². The molecule has 2 aromatic rings. The summed E-state index contributed by atoms with van der Waals surface area (Å²) in [5.41, 5.74) is 0. The molecular weight excluding hydrogens is 350 g/mol. The van der Waals surface area contributed by atoms with Crippen LogP contribution in [-0.2, 0) is 24.4 Å². The molecule has 26 heavy (non-hydrogen) atoms. The van der Waals surface area contributed by atoms with Gasteiger partial charge >= 0.3 is 0 Å². The number of likely N-dealkylation sites (tertiary alicyclic amines) is 1. The molecular formula is C18H25N5O2S. The summed E-state index contributed by atoms with van der Waals surface area (Å²) < 4.78 is 2.15. The summed E-state index contributed by atoms with van der Waals surface area (Å²) in [6.45, 7) is 7.62. The van der Waals surface area contributed by atoms with Gasteiger partial charge in [0.2, 0.25) is 5.91 Å². The summed E-state index contributed by atoms with van der Waals surface area (Å²) >= 11 is 1.77. The maximum Gasteiger partial charge on any atom is 0.225 e. The van der Waals surface area contributed by atoms with E-state index in [2.05, 4.69) is 37.2 Å². The number of β-amino-alcohol motifs (C(OH)–C–C–N with tert-alkyl or cyclic N) is 1. The summed E-state index contributed by atoms with van der Waals surface area (Å²) in [6, 6.07) is 4.06. The molecule has 2 atom stereocenters. The average molecular weight is 375 g/mol. The predicted molar refractivity (Wildman–Crippen MR) is 98.4 cm³/mol. The van der Waals surface area contributed by atoms with Crippen molar-refractivity contribution >= 4 is 17.2 Å². The Labute approximate surface area is 157 Å². The molecule has 1 amide bonds. The van der Waals surface area contributed by atoms with E-state index in [1.165, 1.54) is 4.88 Å². The second-order valence-electron chi connectivity index (χ2n) is 7.47. The molecule has 7 nitrogen and oxygen atoms in total. The number of rotatable bonds is 4. The highest BCUT2D eigenvalue weighted by Crippen LogP contribution is 2.33. The first kappa shape index (κ1) is 17.6. The summed E-state index contributed by atoms with van der Waals surface area (Å²) in [5, 5.41) is 21.1. The number of carbonyl (C=O) groups is 1. The number of aromatic nitrogens is 3. The van der Waals surface area contributed by atoms with Gasteiger partial charge in [-0.05, 0) is 11.4 Å². The average Bonchev–Trinajstić information content (AvgIpc) is 3.33. The normalized spacial score (nSPS) is 23.6. The van der Waals surface area contributed by atoms with Gasteiger partial charge in [0.05, 0.1) is 18.7 Å². The van der Waals surface area contributed by atoms with Crippen LogP contribution in [0, 0.1) is 5.92 Å². The van der Waals surface area contributed by atoms with E-state index in [1.807, 2.05) is 13.8 Å². The molecule has 0 saturated carbocycles. The van der Waals surface area contributed by atoms with Gasteiger partial charge in [-0.1, -0.05) is 19.9 Å². The zero-order chi connectivity index (χ0) is 18.3. The van der Waals surface area contributed by atoms with E-state index in [0.29, 0.717) is 13.0 Å². The lowest BCUT2D eigenvalue weighted by Crippen LogP contribution is -2.37. The molecule has 1 fully saturated rings. The van der Waals surface area contributed by atoms with Crippen molar-refractivity contribution in [3.05, 3.63) is 34.0 Å². The fourth-order valence-electron chi connectivity index (χ4n) is 3.87. The fourth-order valence-corrected chi connectivity index (χ4v) is 4.61. The molecule has 0 spiro atoms. The maximum atomic E-state index is 12.5. The number of hydrogen-bond acceptors (Lipinski definition) is 6. The number of thiophene rings is 1. The zero-order valence-corrected chi connectivity index (χ0v) is 16.0. The van der Waals surface area contributed by atoms with Crippen LogP contribution in [0.2, 0.25) is 0 Å². The highest BCUT2D eigenvalue weighted by atomic mass is 32.1. The first-order valence-electron chi connectivity index (χ1n) is 9.18. The first-order valence-corrected chi connectivity index (χ1v) is 10.1. The molecule has 8 heteroatoms. The summed E-state index contributed by atoms with van der Waals surface area (Å²) in [7, 11) is 0. The summed E-state index contributed by atoms with van der Waals surface area (Å²) in [5.74, 6) is 1.74. The number of aliphatic hydroxyl groups excluding tert-OH is 1. The molecule has 4 heterocycles. The van der Waals surface area contributed by atoms with Gasteiger partial charge < -0.3 is 14.6 Å². The van der Waals surface area contributed by atoms with Crippen molar-refractivity contribution in [2.45, 2.75) is 52.0 Å². The Bertz CT molecular complexity index is 773. The standard InChI is InChI=1S/C18H25N5O2S/c1-12(2)18(25)23-9-13(24)8-15(23)17-20-19-16-11-21(5-6-22(16)17)10-14-4-3-7-26-14/h3-4,7,12-13,15,24H,5-6,8-11H2,1-2H3/t13-,15+/m1/s1. The molecule has 0 aromatic carbocycles. The number of fused-ring (bicyclic) bond motifs is 1. The molecule has 140 valence electrons. The highest BCUT2D eigenvalue weighted by Gasteiger charge is 2.39. The molecule has 2 aliphatic heterocycles. The van der Waals surface area contributed by atoms with E-state index in [9.17, 15) is 9.90 Å². The van der Waals surface area contributed by atoms with Crippen molar-refractivity contribution in [1.82, 2.24) is 24.6 Å². The van der Waals surface area contributed by atoms with Crippen LogP contribution in [0.4, 0.5) is 0 Å². The number of aliphatic hydroxyl groups is 1. The topological polar surface area (TPSA) is 74.5 Å². The van der Waals surface area contributed by atoms with Crippen LogP contribution >= 0.6 is 11.3 Å². The lowest BCUT2D eigenvalue weighted by molar-refractivity contribution is -0.135. The zero-order valence-electron chi connectivity index (χ0n) is 15.2. The van der Waals surface area contributed by atoms with E-state index in [-0.39, 0.29) is 17.9 Å². The van der Waals surface area contributed by atoms with Gasteiger partial charge in [0, 0.05) is 43.4 Å². The Hall–Kier alpha value is -1.77. The van der Waals surface area contributed by atoms with Crippen molar-refractivity contribution in [2.75, 3.05) is 13.1 Å². The Morgan fingerprint density at radius 3 is 2.96 bits per heavy atom. The Morgan fingerprint density at radius 2 is 2.23 bits per heavy atom. The SMILES string of the molecule is CC(C)C(=O)N1C[C@H](O)C[C@H]1c1nnc2n1CCN(Cc1cccs1)C2. The fraction of sp³-hybridized carbons (Fsp3) is 0.611. The first-order chi connectivity index (χ1) is 12.5. The second-order valence-corrected chi connectivity index (χ2v) is 8.50. The van der Waals surface area contributed by atoms with Crippen LogP contribution < -0.4 is 0 Å². The third kappa shape index (κ3) is 3.28. The lowest BCUT2D eigenvalue weighted by Gasteiger charge is -2.30. The smallest absolute Gasteiger partial charge is 0.225 e. The van der Waals surface area contributed by atoms with Crippen molar-refractivity contribution in [1.29, 1.82) is 0 Å². The van der Waals surface area contributed by atoms with Gasteiger partial charge in [0.25, 0.3) is 0 Å². The Morgan fingerprint density at radius 1 is 1.38 bits per heavy atom. The van der Waals surface area contributed by atoms with Crippen LogP contribution in [0.3, 0.4) is 0 Å². The highest BCUT2D eigenvalue weighted by molar-refractivity contribution is 7.09. The van der Waals surface area contributed by atoms with Gasteiger partial charge in [0.1, 0.15) is 5.82 Å². The van der Waals surface area contributed by atoms with Gasteiger partial charge in [-0.3, -0.25) is 9.69 Å². The molecule has 0 aliphatic carbocycles. The van der Waals surface area contributed by atoms with Crippen molar-refractivity contribution in [3.8, 4) is 0 Å². The van der Waals surface area contributed by atoms with E-state index >= 15 is 0 Å². The van der Waals surface area contributed by atoms with Crippen molar-refractivity contribution in [2.24, 2.45) is 5.92 Å². The summed E-state index contributed by atoms with van der Waals surface area (Å²) in [4.78, 5) is 18.1. The number of carbonyl (C=O) groups excluding carboxylic acids is 1. The lowest BCUT2D eigenvalue weighted by atomic mass is 10.1. The van der Waals surface area contributed by atoms with Crippen molar-refractivity contribution < 1.29 is 9.90 Å². The molecule has 0 bridgehead atoms. The van der Waals surface area contributed by atoms with E-state index < -0.39 is 6.10 Å². The molecule has 2 aromatic heterocycles. The predicted octanol–water partition coefficient (Wildman–Crippen LogP) is 1.65. The molecule has 2 aliphatic rings. The van der Waals surface area contributed by atoms with Gasteiger partial charge in [-0.15, -0.1) is 21.5 Å². The van der Waals surface area contributed by atoms with Crippen LogP contribution in [-0.4, -0.2) is 54.8 Å². The largest absolute Gasteiger partial charge is 0.391 e. The number of amides is 1. The van der Waals surface area contributed by atoms with E-state index in [4.69, 9.17) is 0 Å². The van der Waals surface area contributed by atoms with Crippen LogP contribution in [0.5, 0.6) is 0 Å². The van der Waals surface area contributed by atoms with Crippen LogP contribution in [0.1, 0.15) is 42.8 Å². The maximum absolute atomic E-state index is 12.5. The molecule has 0 radical (unpaired) electrons. The molecule has 1 saturated heterocycles. The number of nitrogens with zero attached hydrogens (tertiary/aromatic N) is 5. The summed E-state index contributed by atoms with van der Waals surface area (Å²) in [6.07, 6.45) is 0.0461. The molecule has 1 N–H and O–H groups in total. The minimum atomic E-state index is -0.491. The minimum absolute atomic E-state index is 0.0685. The van der Waals surface area contributed by atoms with E-state index in [1.54, 1.807) is 16.2 Å².